The Labute approximate surface area is 103 Å². The number of hydrogen-bond donors (Lipinski definition) is 1. The summed E-state index contributed by atoms with van der Waals surface area (Å²) < 4.78 is 13.1. The van der Waals surface area contributed by atoms with Crippen LogP contribution in [-0.4, -0.2) is 36.9 Å². The third kappa shape index (κ3) is 2.63. The minimum Gasteiger partial charge on any atom is -0.367 e. The molecule has 0 bridgehead atoms. The number of anilines is 1. The summed E-state index contributed by atoms with van der Waals surface area (Å²) in [7, 11) is -0.825. The zero-order chi connectivity index (χ0) is 12.4. The first kappa shape index (κ1) is 12.0. The molecular formula is C11H16N4OS. The van der Waals surface area contributed by atoms with Gasteiger partial charge in [0.05, 0.1) is 5.69 Å². The lowest BCUT2D eigenvalue weighted by molar-refractivity contribution is 0.679. The van der Waals surface area contributed by atoms with Gasteiger partial charge in [-0.3, -0.25) is 4.21 Å². The molecule has 0 aliphatic rings. The predicted molar refractivity (Wildman–Crippen MR) is 69.7 cm³/mol. The van der Waals surface area contributed by atoms with Crippen LogP contribution in [0.1, 0.15) is 12.6 Å². The van der Waals surface area contributed by atoms with E-state index in [0.717, 1.165) is 17.0 Å². The van der Waals surface area contributed by atoms with Crippen LogP contribution in [0.5, 0.6) is 0 Å². The van der Waals surface area contributed by atoms with Gasteiger partial charge in [-0.25, -0.2) is 9.50 Å². The third-order valence-electron chi connectivity index (χ3n) is 2.64. The van der Waals surface area contributed by atoms with Crippen LogP contribution in [0.3, 0.4) is 0 Å². The van der Waals surface area contributed by atoms with E-state index < -0.39 is 10.8 Å². The van der Waals surface area contributed by atoms with Gasteiger partial charge >= 0.3 is 0 Å². The van der Waals surface area contributed by atoms with Crippen LogP contribution in [0.2, 0.25) is 0 Å². The first-order valence-corrected chi connectivity index (χ1v) is 7.07. The largest absolute Gasteiger partial charge is 0.367 e. The Balaban J connectivity index is 2.21. The van der Waals surface area contributed by atoms with Crippen molar-refractivity contribution in [3.8, 4) is 0 Å². The summed E-state index contributed by atoms with van der Waals surface area (Å²) >= 11 is 0. The molecule has 0 aliphatic carbocycles. The zero-order valence-electron chi connectivity index (χ0n) is 10.2. The minimum absolute atomic E-state index is 0.0982. The fourth-order valence-electron chi connectivity index (χ4n) is 1.54. The smallest absolute Gasteiger partial charge is 0.152 e. The molecule has 6 heteroatoms. The summed E-state index contributed by atoms with van der Waals surface area (Å²) in [6.07, 6.45) is 5.23. The van der Waals surface area contributed by atoms with E-state index in [0.29, 0.717) is 6.54 Å². The molecule has 5 nitrogen and oxygen atoms in total. The molecule has 2 aromatic rings. The van der Waals surface area contributed by atoms with E-state index in [9.17, 15) is 4.21 Å². The van der Waals surface area contributed by atoms with E-state index in [1.165, 1.54) is 0 Å². The Morgan fingerprint density at radius 3 is 3.06 bits per heavy atom. The second-order valence-corrected chi connectivity index (χ2v) is 5.88. The van der Waals surface area contributed by atoms with Crippen molar-refractivity contribution in [2.75, 3.05) is 18.1 Å². The molecule has 0 fully saturated rings. The summed E-state index contributed by atoms with van der Waals surface area (Å²) in [6, 6.07) is 1.98. The van der Waals surface area contributed by atoms with Crippen LogP contribution in [0.25, 0.3) is 5.52 Å². The van der Waals surface area contributed by atoms with E-state index >= 15 is 0 Å². The van der Waals surface area contributed by atoms with Crippen molar-refractivity contribution in [3.05, 3.63) is 24.2 Å². The fraction of sp³-hybridized carbons (Fsp3) is 0.455. The van der Waals surface area contributed by atoms with E-state index in [2.05, 4.69) is 15.4 Å². The Bertz CT molecular complexity index is 551. The topological polar surface area (TPSA) is 59.3 Å². The highest BCUT2D eigenvalue weighted by Gasteiger charge is 2.09. The van der Waals surface area contributed by atoms with Crippen molar-refractivity contribution < 1.29 is 4.21 Å². The van der Waals surface area contributed by atoms with E-state index in [4.69, 9.17) is 0 Å². The lowest BCUT2D eigenvalue weighted by Gasteiger charge is -2.10. The van der Waals surface area contributed by atoms with Crippen LogP contribution >= 0.6 is 0 Å². The normalized spacial score (nSPS) is 14.8. The lowest BCUT2D eigenvalue weighted by Crippen LogP contribution is -2.21. The summed E-state index contributed by atoms with van der Waals surface area (Å²) in [5, 5.41) is 7.63. The van der Waals surface area contributed by atoms with Crippen LogP contribution < -0.4 is 5.32 Å². The molecule has 92 valence electrons. The molecule has 0 aliphatic heterocycles. The van der Waals surface area contributed by atoms with Gasteiger partial charge in [-0.2, -0.15) is 5.10 Å². The maximum atomic E-state index is 11.3. The molecule has 17 heavy (non-hydrogen) atoms. The summed E-state index contributed by atoms with van der Waals surface area (Å²) in [4.78, 5) is 4.28. The molecule has 1 N–H and O–H groups in total. The van der Waals surface area contributed by atoms with E-state index in [-0.39, 0.29) is 5.25 Å². The lowest BCUT2D eigenvalue weighted by atomic mass is 10.4. The predicted octanol–water partition coefficient (Wildman–Crippen LogP) is 1.22. The number of nitrogens with zero attached hydrogens (tertiary/aromatic N) is 3. The van der Waals surface area contributed by atoms with Gasteiger partial charge < -0.3 is 5.32 Å². The minimum atomic E-state index is -0.825. The second kappa shape index (κ2) is 4.83. The zero-order valence-corrected chi connectivity index (χ0v) is 11.0. The van der Waals surface area contributed by atoms with E-state index in [1.807, 2.05) is 26.1 Å². The van der Waals surface area contributed by atoms with Gasteiger partial charge in [0.25, 0.3) is 0 Å². The molecule has 0 radical (unpaired) electrons. The summed E-state index contributed by atoms with van der Waals surface area (Å²) in [5.74, 6) is 0.783. The number of nitrogens with one attached hydrogen (secondary N) is 1. The Morgan fingerprint density at radius 2 is 2.35 bits per heavy atom. The molecule has 2 unspecified atom stereocenters. The molecule has 0 amide bonds. The highest BCUT2D eigenvalue weighted by atomic mass is 32.2. The number of aryl methyl sites for hydroxylation is 1. The van der Waals surface area contributed by atoms with Crippen molar-refractivity contribution >= 4 is 22.1 Å². The molecule has 2 atom stereocenters. The molecule has 2 rings (SSSR count). The Hall–Kier alpha value is -1.43. The van der Waals surface area contributed by atoms with Gasteiger partial charge in [0.2, 0.25) is 0 Å². The van der Waals surface area contributed by atoms with E-state index in [1.54, 1.807) is 17.0 Å². The molecule has 0 aromatic carbocycles. The van der Waals surface area contributed by atoms with Gasteiger partial charge in [-0.15, -0.1) is 0 Å². The Kier molecular flexibility index (Phi) is 3.42. The van der Waals surface area contributed by atoms with Crippen LogP contribution in [0.4, 0.5) is 5.82 Å². The van der Waals surface area contributed by atoms with Crippen molar-refractivity contribution in [1.29, 1.82) is 0 Å². The Morgan fingerprint density at radius 1 is 1.59 bits per heavy atom. The highest BCUT2D eigenvalue weighted by Crippen LogP contribution is 2.14. The standard InChI is InChI=1S/C11H16N4OS/c1-8-6-10-11(12-4-5-15(10)14-8)13-7-9(2)17(3)16/h4-6,9H,7H2,1-3H3,(H,12,13). The SMILES string of the molecule is Cc1cc2c(NCC(C)S(C)=O)nccn2n1. The van der Waals surface area contributed by atoms with Crippen molar-refractivity contribution in [1.82, 2.24) is 14.6 Å². The monoisotopic (exact) mass is 252 g/mol. The first-order valence-electron chi connectivity index (χ1n) is 5.45. The van der Waals surface area contributed by atoms with Gasteiger partial charge in [-0.1, -0.05) is 0 Å². The number of aromatic nitrogens is 3. The van der Waals surface area contributed by atoms with Crippen LogP contribution in [-0.2, 0) is 10.8 Å². The highest BCUT2D eigenvalue weighted by molar-refractivity contribution is 7.84. The average Bonchev–Trinajstić information content (AvgIpc) is 2.66. The fourth-order valence-corrected chi connectivity index (χ4v) is 1.86. The molecular weight excluding hydrogens is 236 g/mol. The summed E-state index contributed by atoms with van der Waals surface area (Å²) in [6.45, 7) is 4.53. The average molecular weight is 252 g/mol. The molecule has 0 saturated heterocycles. The quantitative estimate of drug-likeness (QED) is 0.888. The van der Waals surface area contributed by atoms with Gasteiger partial charge in [0.1, 0.15) is 5.52 Å². The maximum absolute atomic E-state index is 11.3. The molecule has 0 spiro atoms. The number of rotatable bonds is 4. The van der Waals surface area contributed by atoms with Gasteiger partial charge in [0.15, 0.2) is 5.82 Å². The van der Waals surface area contributed by atoms with Gasteiger partial charge in [-0.05, 0) is 19.9 Å². The van der Waals surface area contributed by atoms with Crippen molar-refractivity contribution in [2.45, 2.75) is 19.1 Å². The second-order valence-electron chi connectivity index (χ2n) is 4.08. The van der Waals surface area contributed by atoms with Crippen molar-refractivity contribution in [3.63, 3.8) is 0 Å². The molecule has 0 saturated carbocycles. The molecule has 2 aromatic heterocycles. The number of fused-ring (bicyclic) bond motifs is 1. The van der Waals surface area contributed by atoms with Crippen LogP contribution in [0.15, 0.2) is 18.5 Å². The third-order valence-corrected chi connectivity index (χ3v) is 3.94. The van der Waals surface area contributed by atoms with Gasteiger partial charge in [0, 0.05) is 41.2 Å². The van der Waals surface area contributed by atoms with Crippen LogP contribution in [0, 0.1) is 6.92 Å². The first-order chi connectivity index (χ1) is 8.08. The molecule has 2 heterocycles. The number of hydrogen-bond acceptors (Lipinski definition) is 4. The summed E-state index contributed by atoms with van der Waals surface area (Å²) in [5.41, 5.74) is 1.90. The van der Waals surface area contributed by atoms with Crippen molar-refractivity contribution in [2.24, 2.45) is 0 Å². The maximum Gasteiger partial charge on any atom is 0.152 e.